The molecule has 0 saturated heterocycles. The van der Waals surface area contributed by atoms with E-state index in [2.05, 4.69) is 4.98 Å². The largest absolute Gasteiger partial charge is 0.281 e. The second-order valence-corrected chi connectivity index (χ2v) is 4.88. The Morgan fingerprint density at radius 2 is 1.71 bits per heavy atom. The molecule has 0 aliphatic rings. The van der Waals surface area contributed by atoms with Crippen molar-refractivity contribution in [3.05, 3.63) is 23.1 Å². The highest BCUT2D eigenvalue weighted by Gasteiger charge is 2.25. The number of aromatic nitrogens is 1. The SMILES string of the molecule is Cc1c(F)nc(S(=O)(=O)Cl)c(F)c1F. The lowest BCUT2D eigenvalue weighted by Crippen LogP contribution is -2.07. The lowest BCUT2D eigenvalue weighted by Gasteiger charge is -2.02. The summed E-state index contributed by atoms with van der Waals surface area (Å²) in [4.78, 5) is 2.70. The predicted molar refractivity (Wildman–Crippen MR) is 41.9 cm³/mol. The van der Waals surface area contributed by atoms with Gasteiger partial charge in [-0.3, -0.25) is 0 Å². The van der Waals surface area contributed by atoms with E-state index in [1.54, 1.807) is 0 Å². The van der Waals surface area contributed by atoms with Gasteiger partial charge in [-0.25, -0.2) is 22.2 Å². The normalized spacial score (nSPS) is 11.8. The van der Waals surface area contributed by atoms with Gasteiger partial charge in [0.1, 0.15) is 0 Å². The molecular formula is C6H3ClF3NO2S. The highest BCUT2D eigenvalue weighted by molar-refractivity contribution is 8.13. The molecule has 0 unspecified atom stereocenters. The van der Waals surface area contributed by atoms with Crippen molar-refractivity contribution in [2.45, 2.75) is 11.9 Å². The van der Waals surface area contributed by atoms with Crippen LogP contribution < -0.4 is 0 Å². The van der Waals surface area contributed by atoms with Crippen LogP contribution in [0.3, 0.4) is 0 Å². The van der Waals surface area contributed by atoms with Gasteiger partial charge >= 0.3 is 0 Å². The minimum atomic E-state index is -4.59. The molecule has 3 nitrogen and oxygen atoms in total. The molecule has 0 N–H and O–H groups in total. The van der Waals surface area contributed by atoms with Gasteiger partial charge in [-0.05, 0) is 6.92 Å². The van der Waals surface area contributed by atoms with Crippen LogP contribution in [-0.2, 0) is 9.05 Å². The Kier molecular flexibility index (Phi) is 2.73. The summed E-state index contributed by atoms with van der Waals surface area (Å²) in [6, 6.07) is 0. The van der Waals surface area contributed by atoms with Crippen LogP contribution in [0.2, 0.25) is 0 Å². The van der Waals surface area contributed by atoms with Crippen LogP contribution in [0.15, 0.2) is 5.03 Å². The first-order chi connectivity index (χ1) is 6.25. The molecule has 1 rings (SSSR count). The standard InChI is InChI=1S/C6H3ClF3NO2S/c1-2-3(8)4(9)6(11-5(2)10)14(7,12)13/h1H3. The molecule has 1 heterocycles. The summed E-state index contributed by atoms with van der Waals surface area (Å²) in [6.45, 7) is 0.922. The fourth-order valence-electron chi connectivity index (χ4n) is 0.733. The lowest BCUT2D eigenvalue weighted by atomic mass is 10.3. The Morgan fingerprint density at radius 3 is 2.14 bits per heavy atom. The summed E-state index contributed by atoms with van der Waals surface area (Å²) >= 11 is 0. The van der Waals surface area contributed by atoms with Crippen molar-refractivity contribution in [1.29, 1.82) is 0 Å². The van der Waals surface area contributed by atoms with Crippen LogP contribution in [0.1, 0.15) is 5.56 Å². The second kappa shape index (κ2) is 3.39. The summed E-state index contributed by atoms with van der Waals surface area (Å²) in [5.41, 5.74) is -0.702. The van der Waals surface area contributed by atoms with E-state index >= 15 is 0 Å². The summed E-state index contributed by atoms with van der Waals surface area (Å²) in [6.07, 6.45) is 0. The number of hydrogen-bond donors (Lipinski definition) is 0. The monoisotopic (exact) mass is 245 g/mol. The smallest absolute Gasteiger partial charge is 0.205 e. The molecule has 78 valence electrons. The first kappa shape index (κ1) is 11.3. The third-order valence-corrected chi connectivity index (χ3v) is 2.62. The molecule has 8 heteroatoms. The average molecular weight is 246 g/mol. The quantitative estimate of drug-likeness (QED) is 0.559. The minimum absolute atomic E-state index is 0.702. The van der Waals surface area contributed by atoms with E-state index in [4.69, 9.17) is 10.7 Å². The molecule has 0 amide bonds. The number of hydrogen-bond acceptors (Lipinski definition) is 3. The Morgan fingerprint density at radius 1 is 1.21 bits per heavy atom. The van der Waals surface area contributed by atoms with Crippen molar-refractivity contribution in [2.75, 3.05) is 0 Å². The van der Waals surface area contributed by atoms with Crippen molar-refractivity contribution in [3.63, 3.8) is 0 Å². The van der Waals surface area contributed by atoms with E-state index in [0.29, 0.717) is 0 Å². The van der Waals surface area contributed by atoms with E-state index in [1.165, 1.54) is 0 Å². The van der Waals surface area contributed by atoms with E-state index < -0.39 is 37.2 Å². The Labute approximate surface area is 81.9 Å². The van der Waals surface area contributed by atoms with Crippen LogP contribution >= 0.6 is 10.7 Å². The zero-order chi connectivity index (χ0) is 11.1. The molecule has 1 aromatic heterocycles. The van der Waals surface area contributed by atoms with E-state index in [0.717, 1.165) is 6.92 Å². The molecule has 0 saturated carbocycles. The number of pyridine rings is 1. The highest BCUT2D eigenvalue weighted by atomic mass is 35.7. The first-order valence-electron chi connectivity index (χ1n) is 3.21. The van der Waals surface area contributed by atoms with Gasteiger partial charge in [-0.2, -0.15) is 4.39 Å². The number of nitrogens with zero attached hydrogens (tertiary/aromatic N) is 1. The van der Waals surface area contributed by atoms with E-state index in [1.807, 2.05) is 0 Å². The zero-order valence-electron chi connectivity index (χ0n) is 6.68. The van der Waals surface area contributed by atoms with Gasteiger partial charge in [-0.15, -0.1) is 0 Å². The van der Waals surface area contributed by atoms with Gasteiger partial charge in [0, 0.05) is 16.2 Å². The fraction of sp³-hybridized carbons (Fsp3) is 0.167. The minimum Gasteiger partial charge on any atom is -0.205 e. The summed E-state index contributed by atoms with van der Waals surface area (Å²) in [7, 11) is 0.107. The molecule has 0 atom stereocenters. The topological polar surface area (TPSA) is 47.0 Å². The van der Waals surface area contributed by atoms with Crippen LogP contribution in [0.4, 0.5) is 13.2 Å². The van der Waals surface area contributed by atoms with Crippen molar-refractivity contribution in [3.8, 4) is 0 Å². The molecule has 0 spiro atoms. The summed E-state index contributed by atoms with van der Waals surface area (Å²) in [5.74, 6) is -4.81. The maximum absolute atomic E-state index is 12.9. The van der Waals surface area contributed by atoms with Crippen LogP contribution in [0.25, 0.3) is 0 Å². The van der Waals surface area contributed by atoms with Gasteiger partial charge in [0.25, 0.3) is 9.05 Å². The van der Waals surface area contributed by atoms with Crippen molar-refractivity contribution in [1.82, 2.24) is 4.98 Å². The highest BCUT2D eigenvalue weighted by Crippen LogP contribution is 2.22. The van der Waals surface area contributed by atoms with Gasteiger partial charge in [0.15, 0.2) is 11.6 Å². The van der Waals surface area contributed by atoms with Gasteiger partial charge in [0.05, 0.1) is 0 Å². The van der Waals surface area contributed by atoms with Crippen LogP contribution in [-0.4, -0.2) is 13.4 Å². The summed E-state index contributed by atoms with van der Waals surface area (Å²) < 4.78 is 59.6. The molecule has 1 aromatic rings. The fourth-order valence-corrected chi connectivity index (χ4v) is 1.53. The van der Waals surface area contributed by atoms with E-state index in [9.17, 15) is 21.6 Å². The number of rotatable bonds is 1. The van der Waals surface area contributed by atoms with Crippen molar-refractivity contribution >= 4 is 19.7 Å². The number of halogens is 4. The molecular weight excluding hydrogens is 243 g/mol. The Balaban J connectivity index is 3.66. The first-order valence-corrected chi connectivity index (χ1v) is 5.52. The third-order valence-electron chi connectivity index (χ3n) is 1.45. The Bertz CT molecular complexity index is 488. The van der Waals surface area contributed by atoms with Gasteiger partial charge in [0.2, 0.25) is 11.0 Å². The third kappa shape index (κ3) is 1.83. The molecule has 0 aliphatic heterocycles. The molecule has 0 aromatic carbocycles. The van der Waals surface area contributed by atoms with E-state index in [-0.39, 0.29) is 0 Å². The van der Waals surface area contributed by atoms with Crippen molar-refractivity contribution < 1.29 is 21.6 Å². The maximum Gasteiger partial charge on any atom is 0.281 e. The Hall–Kier alpha value is -0.820. The lowest BCUT2D eigenvalue weighted by molar-refractivity contribution is 0.438. The molecule has 14 heavy (non-hydrogen) atoms. The van der Waals surface area contributed by atoms with Crippen molar-refractivity contribution in [2.24, 2.45) is 0 Å². The molecule has 0 radical (unpaired) electrons. The van der Waals surface area contributed by atoms with Crippen LogP contribution in [0.5, 0.6) is 0 Å². The molecule has 0 aliphatic carbocycles. The molecule has 0 bridgehead atoms. The maximum atomic E-state index is 12.9. The summed E-state index contributed by atoms with van der Waals surface area (Å²) in [5, 5.41) is -1.44. The van der Waals surface area contributed by atoms with Crippen LogP contribution in [0, 0.1) is 24.5 Å². The zero-order valence-corrected chi connectivity index (χ0v) is 8.26. The van der Waals surface area contributed by atoms with Gasteiger partial charge in [-0.1, -0.05) is 0 Å². The predicted octanol–water partition coefficient (Wildman–Crippen LogP) is 1.73. The average Bonchev–Trinajstić information content (AvgIpc) is 2.06. The molecule has 0 fully saturated rings. The van der Waals surface area contributed by atoms with Gasteiger partial charge < -0.3 is 0 Å². The second-order valence-electron chi connectivity index (χ2n) is 2.40.